The van der Waals surface area contributed by atoms with E-state index in [1.807, 2.05) is 6.20 Å². The highest BCUT2D eigenvalue weighted by molar-refractivity contribution is 5.64. The number of aromatic nitrogens is 4. The van der Waals surface area contributed by atoms with Gasteiger partial charge in [0.1, 0.15) is 0 Å². The summed E-state index contributed by atoms with van der Waals surface area (Å²) < 4.78 is 0. The molecule has 0 bridgehead atoms. The molecule has 3 heterocycles. The Morgan fingerprint density at radius 2 is 2.40 bits per heavy atom. The molecular weight excluding hydrogens is 190 g/mol. The fraction of sp³-hybridized carbons (Fsp3) is 0.500. The van der Waals surface area contributed by atoms with Crippen molar-refractivity contribution in [1.29, 1.82) is 0 Å². The lowest BCUT2D eigenvalue weighted by Gasteiger charge is -2.09. The van der Waals surface area contributed by atoms with E-state index < -0.39 is 0 Å². The maximum Gasteiger partial charge on any atom is 0.197 e. The topological polar surface area (TPSA) is 66.5 Å². The Bertz CT molecular complexity index is 533. The fourth-order valence-electron chi connectivity index (χ4n) is 2.70. The molecule has 2 N–H and O–H groups in total. The predicted molar refractivity (Wildman–Crippen MR) is 54.3 cm³/mol. The second-order valence-corrected chi connectivity index (χ2v) is 4.52. The highest BCUT2D eigenvalue weighted by Crippen LogP contribution is 2.55. The molecule has 1 saturated heterocycles. The number of hydrogen-bond acceptors (Lipinski definition) is 4. The van der Waals surface area contributed by atoms with Crippen molar-refractivity contribution in [3.8, 4) is 0 Å². The van der Waals surface area contributed by atoms with E-state index in [1.54, 1.807) is 6.33 Å². The summed E-state index contributed by atoms with van der Waals surface area (Å²) in [5, 5.41) is 3.41. The van der Waals surface area contributed by atoms with Crippen molar-refractivity contribution >= 4 is 11.3 Å². The number of imidazole rings is 1. The van der Waals surface area contributed by atoms with Gasteiger partial charge >= 0.3 is 0 Å². The summed E-state index contributed by atoms with van der Waals surface area (Å²) in [5.41, 5.74) is 2.90. The van der Waals surface area contributed by atoms with Crippen LogP contribution in [0.15, 0.2) is 12.5 Å². The molecule has 0 amide bonds. The molecule has 1 aliphatic heterocycles. The number of H-pyrrole nitrogens is 1. The van der Waals surface area contributed by atoms with Gasteiger partial charge in [-0.05, 0) is 18.9 Å². The third-order valence-electron chi connectivity index (χ3n) is 3.72. The van der Waals surface area contributed by atoms with Gasteiger partial charge in [-0.25, -0.2) is 15.0 Å². The summed E-state index contributed by atoms with van der Waals surface area (Å²) in [7, 11) is 0. The summed E-state index contributed by atoms with van der Waals surface area (Å²) in [5.74, 6) is 0.767. The van der Waals surface area contributed by atoms with Crippen LogP contribution in [0.2, 0.25) is 0 Å². The molecule has 5 nitrogen and oxygen atoms in total. The Hall–Kier alpha value is -1.49. The van der Waals surface area contributed by atoms with Gasteiger partial charge in [-0.3, -0.25) is 0 Å². The molecule has 0 spiro atoms. The minimum atomic E-state index is 0.278. The summed E-state index contributed by atoms with van der Waals surface area (Å²) in [6.45, 7) is 2.17. The molecule has 0 aromatic carbocycles. The quantitative estimate of drug-likeness (QED) is 0.692. The zero-order valence-corrected chi connectivity index (χ0v) is 8.20. The molecule has 4 rings (SSSR count). The number of piperidine rings is 1. The van der Waals surface area contributed by atoms with Crippen molar-refractivity contribution in [2.45, 2.75) is 11.8 Å². The number of nitrogens with one attached hydrogen (secondary N) is 2. The molecule has 2 aromatic rings. The van der Waals surface area contributed by atoms with Gasteiger partial charge < -0.3 is 10.3 Å². The van der Waals surface area contributed by atoms with E-state index in [2.05, 4.69) is 25.3 Å². The Morgan fingerprint density at radius 3 is 3.20 bits per heavy atom. The molecule has 1 aliphatic carbocycles. The number of hydrogen-bond donors (Lipinski definition) is 2. The molecule has 15 heavy (non-hydrogen) atoms. The van der Waals surface area contributed by atoms with Crippen LogP contribution in [-0.2, 0) is 5.41 Å². The van der Waals surface area contributed by atoms with Crippen molar-refractivity contribution in [3.63, 3.8) is 0 Å². The van der Waals surface area contributed by atoms with Crippen LogP contribution in [0, 0.1) is 5.92 Å². The minimum Gasteiger partial charge on any atom is -0.328 e. The van der Waals surface area contributed by atoms with E-state index in [9.17, 15) is 0 Å². The first-order chi connectivity index (χ1) is 7.38. The van der Waals surface area contributed by atoms with Crippen LogP contribution < -0.4 is 5.32 Å². The molecule has 0 radical (unpaired) electrons. The highest BCUT2D eigenvalue weighted by Gasteiger charge is 2.59. The van der Waals surface area contributed by atoms with Crippen molar-refractivity contribution in [1.82, 2.24) is 25.3 Å². The third kappa shape index (κ3) is 0.885. The van der Waals surface area contributed by atoms with Crippen LogP contribution in [0.25, 0.3) is 11.3 Å². The second kappa shape index (κ2) is 2.36. The summed E-state index contributed by atoms with van der Waals surface area (Å²) in [6.07, 6.45) is 4.79. The van der Waals surface area contributed by atoms with Gasteiger partial charge in [-0.15, -0.1) is 0 Å². The van der Waals surface area contributed by atoms with E-state index in [1.165, 1.54) is 6.42 Å². The lowest BCUT2D eigenvalue weighted by Crippen LogP contribution is -2.20. The molecule has 76 valence electrons. The van der Waals surface area contributed by atoms with Gasteiger partial charge in [0.25, 0.3) is 0 Å². The molecule has 2 fully saturated rings. The lowest BCUT2D eigenvalue weighted by atomic mass is 10.0. The average molecular weight is 201 g/mol. The largest absolute Gasteiger partial charge is 0.328 e. The first-order valence-corrected chi connectivity index (χ1v) is 5.26. The van der Waals surface area contributed by atoms with E-state index >= 15 is 0 Å². The van der Waals surface area contributed by atoms with Crippen molar-refractivity contribution in [2.24, 2.45) is 5.92 Å². The Morgan fingerprint density at radius 1 is 1.40 bits per heavy atom. The zero-order valence-electron chi connectivity index (χ0n) is 8.20. The van der Waals surface area contributed by atoms with Crippen LogP contribution in [0.4, 0.5) is 0 Å². The zero-order chi connectivity index (χ0) is 9.88. The van der Waals surface area contributed by atoms with Gasteiger partial charge in [0, 0.05) is 12.0 Å². The standard InChI is InChI=1S/C10H11N5/c1-6-2-11-4-10(1,6)7-3-12-8-9(15-7)14-5-13-8/h3,5-6,11H,1-2,4H2,(H,12,13,14,15). The van der Waals surface area contributed by atoms with E-state index in [4.69, 9.17) is 0 Å². The fourth-order valence-corrected chi connectivity index (χ4v) is 2.70. The maximum atomic E-state index is 4.59. The summed E-state index contributed by atoms with van der Waals surface area (Å²) in [4.78, 5) is 16.0. The molecular formula is C10H11N5. The molecule has 2 aliphatic rings. The predicted octanol–water partition coefficient (Wildman–Crippen LogP) is 0.214. The van der Waals surface area contributed by atoms with E-state index in [0.717, 1.165) is 36.0 Å². The van der Waals surface area contributed by atoms with Crippen molar-refractivity contribution in [3.05, 3.63) is 18.2 Å². The van der Waals surface area contributed by atoms with Crippen molar-refractivity contribution < 1.29 is 0 Å². The van der Waals surface area contributed by atoms with Gasteiger partial charge in [-0.1, -0.05) is 0 Å². The molecule has 5 heteroatoms. The third-order valence-corrected chi connectivity index (χ3v) is 3.72. The molecule has 2 aromatic heterocycles. The monoisotopic (exact) mass is 201 g/mol. The first kappa shape index (κ1) is 7.76. The van der Waals surface area contributed by atoms with Gasteiger partial charge in [0.15, 0.2) is 11.3 Å². The van der Waals surface area contributed by atoms with Crippen LogP contribution in [0.5, 0.6) is 0 Å². The smallest absolute Gasteiger partial charge is 0.197 e. The number of aromatic amines is 1. The van der Waals surface area contributed by atoms with Gasteiger partial charge in [0.05, 0.1) is 18.2 Å². The van der Waals surface area contributed by atoms with E-state index in [-0.39, 0.29) is 5.41 Å². The van der Waals surface area contributed by atoms with Crippen LogP contribution in [-0.4, -0.2) is 33.0 Å². The first-order valence-electron chi connectivity index (χ1n) is 5.26. The number of fused-ring (bicyclic) bond motifs is 2. The van der Waals surface area contributed by atoms with Gasteiger partial charge in [0.2, 0.25) is 0 Å². The molecule has 1 saturated carbocycles. The van der Waals surface area contributed by atoms with Crippen LogP contribution in [0.1, 0.15) is 12.1 Å². The summed E-state index contributed by atoms with van der Waals surface area (Å²) in [6, 6.07) is 0. The average Bonchev–Trinajstić information content (AvgIpc) is 2.68. The normalized spacial score (nSPS) is 33.2. The van der Waals surface area contributed by atoms with Crippen molar-refractivity contribution in [2.75, 3.05) is 13.1 Å². The maximum absolute atomic E-state index is 4.59. The Labute approximate surface area is 86.3 Å². The number of rotatable bonds is 1. The lowest BCUT2D eigenvalue weighted by molar-refractivity contribution is 0.656. The minimum absolute atomic E-state index is 0.278. The Balaban J connectivity index is 1.88. The van der Waals surface area contributed by atoms with Crippen LogP contribution in [0.3, 0.4) is 0 Å². The van der Waals surface area contributed by atoms with E-state index in [0.29, 0.717) is 0 Å². The molecule has 2 unspecified atom stereocenters. The number of nitrogens with zero attached hydrogens (tertiary/aromatic N) is 3. The SMILES string of the molecule is c1nc2nc(C34CNCC3C4)cnc2[nH]1. The summed E-state index contributed by atoms with van der Waals surface area (Å²) >= 11 is 0. The second-order valence-electron chi connectivity index (χ2n) is 4.52. The highest BCUT2D eigenvalue weighted by atomic mass is 15.1. The van der Waals surface area contributed by atoms with Gasteiger partial charge in [-0.2, -0.15) is 0 Å². The molecule has 2 atom stereocenters. The Kier molecular flexibility index (Phi) is 1.22. The van der Waals surface area contributed by atoms with Crippen LogP contribution >= 0.6 is 0 Å².